The maximum absolute atomic E-state index is 12.7. The van der Waals surface area contributed by atoms with Crippen molar-refractivity contribution >= 4 is 17.5 Å². The van der Waals surface area contributed by atoms with Gasteiger partial charge in [-0.05, 0) is 49.9 Å². The predicted octanol–water partition coefficient (Wildman–Crippen LogP) is 3.97. The van der Waals surface area contributed by atoms with E-state index in [0.717, 1.165) is 55.6 Å². The molecule has 1 aromatic carbocycles. The van der Waals surface area contributed by atoms with E-state index in [1.54, 1.807) is 18.2 Å². The van der Waals surface area contributed by atoms with Crippen molar-refractivity contribution < 1.29 is 9.59 Å². The lowest BCUT2D eigenvalue weighted by atomic mass is 10.1. The molecular weight excluding hydrogens is 326 g/mol. The van der Waals surface area contributed by atoms with Gasteiger partial charge in [0.2, 0.25) is 0 Å². The van der Waals surface area contributed by atoms with Crippen molar-refractivity contribution in [2.24, 2.45) is 0 Å². The minimum Gasteiger partial charge on any atom is -0.337 e. The fourth-order valence-corrected chi connectivity index (χ4v) is 3.31. The highest BCUT2D eigenvalue weighted by Crippen LogP contribution is 2.20. The number of aryl methyl sites for hydroxylation is 2. The summed E-state index contributed by atoms with van der Waals surface area (Å²) in [7, 11) is 0. The van der Waals surface area contributed by atoms with Gasteiger partial charge in [0.1, 0.15) is 11.4 Å². The molecule has 0 aliphatic carbocycles. The van der Waals surface area contributed by atoms with E-state index in [1.807, 2.05) is 36.9 Å². The Morgan fingerprint density at radius 1 is 0.885 bits per heavy atom. The summed E-state index contributed by atoms with van der Waals surface area (Å²) >= 11 is 0. The van der Waals surface area contributed by atoms with Crippen LogP contribution in [0, 0.1) is 13.8 Å². The van der Waals surface area contributed by atoms with Crippen LogP contribution in [0.15, 0.2) is 36.4 Å². The molecule has 26 heavy (non-hydrogen) atoms. The molecule has 5 heteroatoms. The molecule has 0 spiro atoms. The number of benzene rings is 1. The lowest BCUT2D eigenvalue weighted by Gasteiger charge is -2.20. The fraction of sp³-hybridized carbons (Fsp3) is 0.381. The first-order valence-electron chi connectivity index (χ1n) is 9.20. The Morgan fingerprint density at radius 3 is 2.12 bits per heavy atom. The molecule has 1 N–H and O–H groups in total. The van der Waals surface area contributed by atoms with Gasteiger partial charge >= 0.3 is 0 Å². The van der Waals surface area contributed by atoms with Crippen LogP contribution in [0.5, 0.6) is 0 Å². The summed E-state index contributed by atoms with van der Waals surface area (Å²) in [4.78, 5) is 31.5. The third-order valence-electron chi connectivity index (χ3n) is 4.81. The predicted molar refractivity (Wildman–Crippen MR) is 102 cm³/mol. The van der Waals surface area contributed by atoms with E-state index in [0.29, 0.717) is 5.69 Å². The standard InChI is InChI=1S/C21H25N3O2/c1-15-9-7-10-16(2)19(15)23-20(25)17-11-8-12-18(22-17)21(26)24-13-5-3-4-6-14-24/h7-12H,3-6,13-14H2,1-2H3,(H,23,25). The Bertz CT molecular complexity index is 788. The summed E-state index contributed by atoms with van der Waals surface area (Å²) < 4.78 is 0. The second-order valence-electron chi connectivity index (χ2n) is 6.84. The van der Waals surface area contributed by atoms with Crippen molar-refractivity contribution in [2.45, 2.75) is 39.5 Å². The van der Waals surface area contributed by atoms with E-state index in [9.17, 15) is 9.59 Å². The molecule has 1 aliphatic heterocycles. The second-order valence-corrected chi connectivity index (χ2v) is 6.84. The molecule has 0 radical (unpaired) electrons. The molecule has 5 nitrogen and oxygen atoms in total. The number of rotatable bonds is 3. The minimum atomic E-state index is -0.298. The summed E-state index contributed by atoms with van der Waals surface area (Å²) in [6.45, 7) is 5.43. The van der Waals surface area contributed by atoms with Crippen LogP contribution in [0.25, 0.3) is 0 Å². The van der Waals surface area contributed by atoms with E-state index in [2.05, 4.69) is 10.3 Å². The molecule has 1 aromatic heterocycles. The molecule has 2 amide bonds. The van der Waals surface area contributed by atoms with Crippen LogP contribution in [0.4, 0.5) is 5.69 Å². The highest BCUT2D eigenvalue weighted by atomic mass is 16.2. The van der Waals surface area contributed by atoms with Gasteiger partial charge in [-0.15, -0.1) is 0 Å². The van der Waals surface area contributed by atoms with E-state index in [1.165, 1.54) is 0 Å². The number of aromatic nitrogens is 1. The largest absolute Gasteiger partial charge is 0.337 e. The molecule has 0 bridgehead atoms. The smallest absolute Gasteiger partial charge is 0.274 e. The topological polar surface area (TPSA) is 62.3 Å². The van der Waals surface area contributed by atoms with Gasteiger partial charge < -0.3 is 10.2 Å². The number of amides is 2. The summed E-state index contributed by atoms with van der Waals surface area (Å²) in [6, 6.07) is 10.9. The Kier molecular flexibility index (Phi) is 5.66. The van der Waals surface area contributed by atoms with Gasteiger partial charge in [-0.25, -0.2) is 4.98 Å². The SMILES string of the molecule is Cc1cccc(C)c1NC(=O)c1cccc(C(=O)N2CCCCCC2)n1. The quantitative estimate of drug-likeness (QED) is 0.910. The Morgan fingerprint density at radius 2 is 1.46 bits per heavy atom. The van der Waals surface area contributed by atoms with Crippen molar-refractivity contribution in [2.75, 3.05) is 18.4 Å². The van der Waals surface area contributed by atoms with Gasteiger partial charge in [0.05, 0.1) is 0 Å². The zero-order valence-electron chi connectivity index (χ0n) is 15.4. The lowest BCUT2D eigenvalue weighted by Crippen LogP contribution is -2.32. The zero-order chi connectivity index (χ0) is 18.5. The Hall–Kier alpha value is -2.69. The number of likely N-dealkylation sites (tertiary alicyclic amines) is 1. The van der Waals surface area contributed by atoms with Crippen LogP contribution in [-0.4, -0.2) is 34.8 Å². The molecule has 0 unspecified atom stereocenters. The molecule has 136 valence electrons. The first-order chi connectivity index (χ1) is 12.6. The van der Waals surface area contributed by atoms with Crippen molar-refractivity contribution in [3.8, 4) is 0 Å². The van der Waals surface area contributed by atoms with E-state index in [4.69, 9.17) is 0 Å². The monoisotopic (exact) mass is 351 g/mol. The summed E-state index contributed by atoms with van der Waals surface area (Å²) in [6.07, 6.45) is 4.38. The van der Waals surface area contributed by atoms with Gasteiger partial charge in [0.25, 0.3) is 11.8 Å². The number of hydrogen-bond acceptors (Lipinski definition) is 3. The van der Waals surface area contributed by atoms with E-state index >= 15 is 0 Å². The minimum absolute atomic E-state index is 0.0892. The number of carbonyl (C=O) groups excluding carboxylic acids is 2. The maximum atomic E-state index is 12.7. The number of hydrogen-bond donors (Lipinski definition) is 1. The van der Waals surface area contributed by atoms with Gasteiger partial charge in [-0.1, -0.05) is 37.1 Å². The third kappa shape index (κ3) is 4.10. The van der Waals surface area contributed by atoms with Crippen LogP contribution in [0.3, 0.4) is 0 Å². The van der Waals surface area contributed by atoms with Crippen molar-refractivity contribution in [1.82, 2.24) is 9.88 Å². The molecule has 0 atom stereocenters. The first kappa shape index (κ1) is 18.1. The number of carbonyl (C=O) groups is 2. The van der Waals surface area contributed by atoms with Gasteiger partial charge in [-0.3, -0.25) is 9.59 Å². The molecule has 2 aromatic rings. The van der Waals surface area contributed by atoms with Crippen molar-refractivity contribution in [3.05, 3.63) is 58.9 Å². The molecular formula is C21H25N3O2. The highest BCUT2D eigenvalue weighted by Gasteiger charge is 2.20. The molecule has 3 rings (SSSR count). The highest BCUT2D eigenvalue weighted by molar-refractivity contribution is 6.04. The van der Waals surface area contributed by atoms with Crippen molar-refractivity contribution in [1.29, 1.82) is 0 Å². The fourth-order valence-electron chi connectivity index (χ4n) is 3.31. The molecule has 1 fully saturated rings. The van der Waals surface area contributed by atoms with Crippen LogP contribution in [-0.2, 0) is 0 Å². The maximum Gasteiger partial charge on any atom is 0.274 e. The Balaban J connectivity index is 1.78. The normalized spacial score (nSPS) is 14.6. The third-order valence-corrected chi connectivity index (χ3v) is 4.81. The van der Waals surface area contributed by atoms with Gasteiger partial charge in [-0.2, -0.15) is 0 Å². The van der Waals surface area contributed by atoms with E-state index < -0.39 is 0 Å². The van der Waals surface area contributed by atoms with Crippen LogP contribution in [0.1, 0.15) is 57.8 Å². The number of nitrogens with one attached hydrogen (secondary N) is 1. The number of pyridine rings is 1. The van der Waals surface area contributed by atoms with Crippen LogP contribution >= 0.6 is 0 Å². The summed E-state index contributed by atoms with van der Waals surface area (Å²) in [5.74, 6) is -0.387. The number of nitrogens with zero attached hydrogens (tertiary/aromatic N) is 2. The van der Waals surface area contributed by atoms with Crippen molar-refractivity contribution in [3.63, 3.8) is 0 Å². The van der Waals surface area contributed by atoms with Gasteiger partial charge in [0.15, 0.2) is 0 Å². The average Bonchev–Trinajstić information content (AvgIpc) is 2.93. The molecule has 1 aliphatic rings. The summed E-state index contributed by atoms with van der Waals surface area (Å²) in [5.41, 5.74) is 3.38. The Labute approximate surface area is 154 Å². The zero-order valence-corrected chi connectivity index (χ0v) is 15.4. The van der Waals surface area contributed by atoms with Gasteiger partial charge in [0, 0.05) is 18.8 Å². The molecule has 2 heterocycles. The lowest BCUT2D eigenvalue weighted by molar-refractivity contribution is 0.0755. The number of anilines is 1. The molecule has 1 saturated heterocycles. The van der Waals surface area contributed by atoms with Crippen LogP contribution in [0.2, 0.25) is 0 Å². The van der Waals surface area contributed by atoms with Crippen LogP contribution < -0.4 is 5.32 Å². The average molecular weight is 351 g/mol. The van der Waals surface area contributed by atoms with E-state index in [-0.39, 0.29) is 17.5 Å². The molecule has 0 saturated carbocycles. The second kappa shape index (κ2) is 8.13. The summed E-state index contributed by atoms with van der Waals surface area (Å²) in [5, 5.41) is 2.92. The first-order valence-corrected chi connectivity index (χ1v) is 9.20. The number of para-hydroxylation sites is 1.